The molecule has 0 aromatic heterocycles. The Morgan fingerprint density at radius 2 is 2.37 bits per heavy atom. The van der Waals surface area contributed by atoms with Crippen molar-refractivity contribution in [3.8, 4) is 0 Å². The lowest BCUT2D eigenvalue weighted by molar-refractivity contribution is -0.116. The van der Waals surface area contributed by atoms with Crippen molar-refractivity contribution in [3.05, 3.63) is 23.8 Å². The van der Waals surface area contributed by atoms with Crippen molar-refractivity contribution in [1.29, 1.82) is 0 Å². The minimum Gasteiger partial charge on any atom is -0.380 e. The van der Waals surface area contributed by atoms with Gasteiger partial charge in [-0.25, -0.2) is 0 Å². The Morgan fingerprint density at radius 3 is 3.11 bits per heavy atom. The number of benzene rings is 1. The molecule has 1 unspecified atom stereocenters. The molecule has 2 aliphatic heterocycles. The molecule has 19 heavy (non-hydrogen) atoms. The Hall–Kier alpha value is -1.55. The second kappa shape index (κ2) is 5.21. The Labute approximate surface area is 113 Å². The number of nitrogens with one attached hydrogen (secondary N) is 1. The predicted molar refractivity (Wildman–Crippen MR) is 75.6 cm³/mol. The Morgan fingerprint density at radius 1 is 1.47 bits per heavy atom. The lowest BCUT2D eigenvalue weighted by Crippen LogP contribution is -2.30. The van der Waals surface area contributed by atoms with Crippen LogP contribution in [0.25, 0.3) is 0 Å². The molecule has 2 heterocycles. The molecule has 3 rings (SSSR count). The molecule has 4 nitrogen and oxygen atoms in total. The fraction of sp³-hybridized carbons (Fsp3) is 0.533. The Bertz CT molecular complexity index is 481. The molecule has 0 radical (unpaired) electrons. The largest absolute Gasteiger partial charge is 0.380 e. The average Bonchev–Trinajstić information content (AvgIpc) is 2.83. The molecular weight excluding hydrogens is 240 g/mol. The smallest absolute Gasteiger partial charge is 0.223 e. The van der Waals surface area contributed by atoms with Crippen molar-refractivity contribution < 1.29 is 9.53 Å². The highest BCUT2D eigenvalue weighted by atomic mass is 16.5. The molecule has 0 aliphatic carbocycles. The van der Waals surface area contributed by atoms with E-state index in [-0.39, 0.29) is 5.91 Å². The summed E-state index contributed by atoms with van der Waals surface area (Å²) < 4.78 is 5.48. The van der Waals surface area contributed by atoms with Crippen molar-refractivity contribution in [2.45, 2.75) is 32.2 Å². The van der Waals surface area contributed by atoms with Crippen molar-refractivity contribution >= 4 is 17.3 Å². The van der Waals surface area contributed by atoms with Crippen LogP contribution in [0.2, 0.25) is 0 Å². The lowest BCUT2D eigenvalue weighted by atomic mass is 10.1. The Kier molecular flexibility index (Phi) is 3.42. The molecule has 0 saturated carbocycles. The number of hydrogen-bond donors (Lipinski definition) is 1. The number of hydrogen-bond acceptors (Lipinski definition) is 3. The third kappa shape index (κ3) is 2.59. The summed E-state index contributed by atoms with van der Waals surface area (Å²) >= 11 is 0. The van der Waals surface area contributed by atoms with Gasteiger partial charge in [-0.15, -0.1) is 0 Å². The van der Waals surface area contributed by atoms with Crippen LogP contribution in [0, 0.1) is 0 Å². The summed E-state index contributed by atoms with van der Waals surface area (Å²) in [6.07, 6.45) is 3.24. The van der Waals surface area contributed by atoms with E-state index in [2.05, 4.69) is 23.5 Å². The zero-order chi connectivity index (χ0) is 13.2. The normalized spacial score (nSPS) is 22.2. The minimum atomic E-state index is 0.125. The zero-order valence-corrected chi connectivity index (χ0v) is 11.3. The number of nitrogens with zero attached hydrogens (tertiary/aromatic N) is 1. The molecule has 0 spiro atoms. The van der Waals surface area contributed by atoms with Crippen LogP contribution in [0.3, 0.4) is 0 Å². The summed E-state index contributed by atoms with van der Waals surface area (Å²) in [6, 6.07) is 6.70. The lowest BCUT2D eigenvalue weighted by Gasteiger charge is -2.24. The van der Waals surface area contributed by atoms with Crippen molar-refractivity contribution in [2.24, 2.45) is 0 Å². The maximum absolute atomic E-state index is 11.5. The van der Waals surface area contributed by atoms with Crippen LogP contribution >= 0.6 is 0 Å². The second-order valence-electron chi connectivity index (χ2n) is 5.32. The number of amides is 1. The Balaban J connectivity index is 1.73. The van der Waals surface area contributed by atoms with Gasteiger partial charge in [0.25, 0.3) is 0 Å². The molecule has 1 aromatic carbocycles. The number of rotatable bonds is 2. The van der Waals surface area contributed by atoms with Crippen molar-refractivity contribution in [3.63, 3.8) is 0 Å². The van der Waals surface area contributed by atoms with Crippen molar-refractivity contribution in [2.75, 3.05) is 30.0 Å². The second-order valence-corrected chi connectivity index (χ2v) is 5.32. The summed E-state index contributed by atoms with van der Waals surface area (Å²) in [7, 11) is 0. The van der Waals surface area contributed by atoms with E-state index in [4.69, 9.17) is 4.74 Å². The van der Waals surface area contributed by atoms with E-state index in [1.165, 1.54) is 5.56 Å². The van der Waals surface area contributed by atoms with Gasteiger partial charge in [-0.3, -0.25) is 4.79 Å². The van der Waals surface area contributed by atoms with Crippen LogP contribution in [0.5, 0.6) is 0 Å². The van der Waals surface area contributed by atoms with Crippen LogP contribution in [-0.4, -0.2) is 31.7 Å². The maximum atomic E-state index is 11.5. The molecule has 1 saturated heterocycles. The first-order valence-electron chi connectivity index (χ1n) is 6.99. The SMILES string of the molecule is CC(=O)N1CCc2cc(NC3CCCOC3)ccc21. The first-order valence-corrected chi connectivity index (χ1v) is 6.99. The van der Waals surface area contributed by atoms with Crippen LogP contribution in [0.4, 0.5) is 11.4 Å². The van der Waals surface area contributed by atoms with Gasteiger partial charge in [0, 0.05) is 37.5 Å². The van der Waals surface area contributed by atoms with Gasteiger partial charge in [0.05, 0.1) is 6.61 Å². The summed E-state index contributed by atoms with van der Waals surface area (Å²) in [5.41, 5.74) is 3.47. The predicted octanol–water partition coefficient (Wildman–Crippen LogP) is 2.19. The monoisotopic (exact) mass is 260 g/mol. The zero-order valence-electron chi connectivity index (χ0n) is 11.3. The maximum Gasteiger partial charge on any atom is 0.223 e. The van der Waals surface area contributed by atoms with Crippen LogP contribution in [-0.2, 0) is 16.0 Å². The van der Waals surface area contributed by atoms with E-state index < -0.39 is 0 Å². The summed E-state index contributed by atoms with van der Waals surface area (Å²) in [5, 5.41) is 3.53. The molecule has 4 heteroatoms. The average molecular weight is 260 g/mol. The van der Waals surface area contributed by atoms with Crippen LogP contribution in [0.15, 0.2) is 18.2 Å². The fourth-order valence-electron chi connectivity index (χ4n) is 2.91. The fourth-order valence-corrected chi connectivity index (χ4v) is 2.91. The van der Waals surface area contributed by atoms with E-state index in [9.17, 15) is 4.79 Å². The molecule has 1 N–H and O–H groups in total. The number of anilines is 2. The van der Waals surface area contributed by atoms with E-state index in [1.54, 1.807) is 6.92 Å². The van der Waals surface area contributed by atoms with E-state index in [1.807, 2.05) is 4.90 Å². The molecular formula is C15H20N2O2. The summed E-state index contributed by atoms with van der Waals surface area (Å²) in [4.78, 5) is 13.4. The van der Waals surface area contributed by atoms with Gasteiger partial charge in [-0.2, -0.15) is 0 Å². The van der Waals surface area contributed by atoms with Gasteiger partial charge in [0.1, 0.15) is 0 Å². The van der Waals surface area contributed by atoms with Gasteiger partial charge < -0.3 is 15.0 Å². The van der Waals surface area contributed by atoms with E-state index >= 15 is 0 Å². The molecule has 1 amide bonds. The molecule has 1 fully saturated rings. The van der Waals surface area contributed by atoms with Gasteiger partial charge in [0.15, 0.2) is 0 Å². The third-order valence-electron chi connectivity index (χ3n) is 3.89. The topological polar surface area (TPSA) is 41.6 Å². The number of carbonyl (C=O) groups is 1. The van der Waals surface area contributed by atoms with Crippen molar-refractivity contribution in [1.82, 2.24) is 0 Å². The standard InChI is InChI=1S/C15H20N2O2/c1-11(18)17-7-6-12-9-13(4-5-15(12)17)16-14-3-2-8-19-10-14/h4-5,9,14,16H,2-3,6-8,10H2,1H3. The van der Waals surface area contributed by atoms with Gasteiger partial charge >= 0.3 is 0 Å². The molecule has 0 bridgehead atoms. The summed E-state index contributed by atoms with van der Waals surface area (Å²) in [5.74, 6) is 0.125. The van der Waals surface area contributed by atoms with E-state index in [0.717, 1.165) is 50.4 Å². The highest BCUT2D eigenvalue weighted by molar-refractivity contribution is 5.94. The number of carbonyl (C=O) groups excluding carboxylic acids is 1. The molecule has 1 aromatic rings. The van der Waals surface area contributed by atoms with E-state index in [0.29, 0.717) is 6.04 Å². The third-order valence-corrected chi connectivity index (χ3v) is 3.89. The van der Waals surface area contributed by atoms with Crippen LogP contribution in [0.1, 0.15) is 25.3 Å². The quantitative estimate of drug-likeness (QED) is 0.886. The molecule has 1 atom stereocenters. The van der Waals surface area contributed by atoms with Gasteiger partial charge in [0.2, 0.25) is 5.91 Å². The molecule has 2 aliphatic rings. The number of ether oxygens (including phenoxy) is 1. The van der Waals surface area contributed by atoms with Gasteiger partial charge in [-0.1, -0.05) is 0 Å². The highest BCUT2D eigenvalue weighted by Crippen LogP contribution is 2.31. The first-order chi connectivity index (χ1) is 9.24. The highest BCUT2D eigenvalue weighted by Gasteiger charge is 2.22. The minimum absolute atomic E-state index is 0.125. The number of fused-ring (bicyclic) bond motifs is 1. The van der Waals surface area contributed by atoms with Gasteiger partial charge in [-0.05, 0) is 43.0 Å². The first kappa shape index (κ1) is 12.5. The molecule has 102 valence electrons. The van der Waals surface area contributed by atoms with Crippen LogP contribution < -0.4 is 10.2 Å². The summed E-state index contributed by atoms with van der Waals surface area (Å²) in [6.45, 7) is 4.11.